The molecule has 1 heterocycles. The van der Waals surface area contributed by atoms with E-state index in [0.717, 1.165) is 0 Å². The Kier molecular flexibility index (Phi) is 4.25. The van der Waals surface area contributed by atoms with E-state index in [1.54, 1.807) is 24.3 Å². The van der Waals surface area contributed by atoms with Crippen LogP contribution in [0.4, 0.5) is 10.1 Å². The van der Waals surface area contributed by atoms with Crippen LogP contribution in [0, 0.1) is 20.7 Å². The number of nitrogens with zero attached hydrogens (tertiary/aromatic N) is 4. The van der Waals surface area contributed by atoms with Crippen molar-refractivity contribution in [3.8, 4) is 11.4 Å². The summed E-state index contributed by atoms with van der Waals surface area (Å²) in [7, 11) is 0. The Labute approximate surface area is 140 Å². The fraction of sp³-hybridized carbons (Fsp3) is 0. The van der Waals surface area contributed by atoms with Crippen LogP contribution in [0.3, 0.4) is 0 Å². The predicted molar refractivity (Wildman–Crippen MR) is 88.9 cm³/mol. The van der Waals surface area contributed by atoms with Crippen LogP contribution >= 0.6 is 12.2 Å². The van der Waals surface area contributed by atoms with Gasteiger partial charge >= 0.3 is 0 Å². The van der Waals surface area contributed by atoms with E-state index in [4.69, 9.17) is 12.2 Å². The zero-order valence-electron chi connectivity index (χ0n) is 12.1. The number of nitro benzene ring substituents is 1. The third-order valence-electron chi connectivity index (χ3n) is 3.18. The summed E-state index contributed by atoms with van der Waals surface area (Å²) in [6, 6.07) is 11.7. The molecule has 7 nitrogen and oxygen atoms in total. The second kappa shape index (κ2) is 6.50. The van der Waals surface area contributed by atoms with Crippen LogP contribution in [0.25, 0.3) is 11.4 Å². The monoisotopic (exact) mass is 343 g/mol. The van der Waals surface area contributed by atoms with E-state index in [9.17, 15) is 14.5 Å². The predicted octanol–water partition coefficient (Wildman–Crippen LogP) is 3.54. The molecule has 3 aromatic rings. The highest BCUT2D eigenvalue weighted by Crippen LogP contribution is 2.18. The van der Waals surface area contributed by atoms with Crippen LogP contribution in [0.2, 0.25) is 0 Å². The lowest BCUT2D eigenvalue weighted by molar-refractivity contribution is -0.384. The summed E-state index contributed by atoms with van der Waals surface area (Å²) in [6.45, 7) is 0. The van der Waals surface area contributed by atoms with Crippen molar-refractivity contribution < 1.29 is 9.31 Å². The summed E-state index contributed by atoms with van der Waals surface area (Å²) < 4.78 is 14.7. The van der Waals surface area contributed by atoms with Crippen molar-refractivity contribution in [1.82, 2.24) is 14.9 Å². The average Bonchev–Trinajstić information content (AvgIpc) is 2.95. The maximum Gasteiger partial charge on any atom is 0.269 e. The van der Waals surface area contributed by atoms with E-state index in [-0.39, 0.29) is 16.3 Å². The first-order valence-corrected chi connectivity index (χ1v) is 7.17. The molecular formula is C15H10FN5O2S. The van der Waals surface area contributed by atoms with Gasteiger partial charge in [-0.1, -0.05) is 0 Å². The van der Waals surface area contributed by atoms with E-state index >= 15 is 0 Å². The Hall–Kier alpha value is -3.20. The van der Waals surface area contributed by atoms with Gasteiger partial charge < -0.3 is 0 Å². The molecule has 0 unspecified atom stereocenters. The van der Waals surface area contributed by atoms with Crippen molar-refractivity contribution >= 4 is 24.1 Å². The maximum atomic E-state index is 13.0. The van der Waals surface area contributed by atoms with Crippen molar-refractivity contribution in [2.75, 3.05) is 0 Å². The smallest absolute Gasteiger partial charge is 0.258 e. The molecule has 24 heavy (non-hydrogen) atoms. The van der Waals surface area contributed by atoms with Crippen molar-refractivity contribution in [3.63, 3.8) is 0 Å². The number of halogens is 1. The quantitative estimate of drug-likeness (QED) is 0.340. The Morgan fingerprint density at radius 1 is 1.21 bits per heavy atom. The van der Waals surface area contributed by atoms with Crippen LogP contribution in [-0.4, -0.2) is 26.0 Å². The zero-order valence-corrected chi connectivity index (χ0v) is 12.9. The molecular weight excluding hydrogens is 333 g/mol. The number of benzene rings is 2. The van der Waals surface area contributed by atoms with E-state index < -0.39 is 4.92 Å². The lowest BCUT2D eigenvalue weighted by Crippen LogP contribution is -1.95. The number of hydrogen-bond donors (Lipinski definition) is 1. The molecule has 0 saturated heterocycles. The molecule has 9 heteroatoms. The highest BCUT2D eigenvalue weighted by atomic mass is 32.1. The van der Waals surface area contributed by atoms with Gasteiger partial charge in [0, 0.05) is 17.7 Å². The second-order valence-electron chi connectivity index (χ2n) is 4.76. The number of H-pyrrole nitrogens is 1. The number of non-ortho nitro benzene ring substituents is 1. The highest BCUT2D eigenvalue weighted by Gasteiger charge is 2.08. The minimum absolute atomic E-state index is 0.000858. The Balaban J connectivity index is 1.92. The van der Waals surface area contributed by atoms with Crippen LogP contribution in [0.5, 0.6) is 0 Å². The van der Waals surface area contributed by atoms with Gasteiger partial charge in [0.15, 0.2) is 5.82 Å². The van der Waals surface area contributed by atoms with E-state index in [1.807, 2.05) is 0 Å². The number of rotatable bonds is 4. The first-order chi connectivity index (χ1) is 11.5. The number of aromatic nitrogens is 3. The number of aromatic amines is 1. The van der Waals surface area contributed by atoms with Gasteiger partial charge in [-0.05, 0) is 54.2 Å². The lowest BCUT2D eigenvalue weighted by Gasteiger charge is -2.01. The Bertz CT molecular complexity index is 961. The van der Waals surface area contributed by atoms with Gasteiger partial charge in [0.2, 0.25) is 4.77 Å². The van der Waals surface area contributed by atoms with Gasteiger partial charge in [-0.3, -0.25) is 10.1 Å². The number of nitrogens with one attached hydrogen (secondary N) is 1. The van der Waals surface area contributed by atoms with Gasteiger partial charge in [0.05, 0.1) is 11.1 Å². The topological polar surface area (TPSA) is 89.1 Å². The molecule has 0 saturated carbocycles. The van der Waals surface area contributed by atoms with Crippen molar-refractivity contribution in [1.29, 1.82) is 0 Å². The molecule has 0 atom stereocenters. The minimum atomic E-state index is -0.472. The van der Waals surface area contributed by atoms with Crippen molar-refractivity contribution in [2.24, 2.45) is 5.10 Å². The summed E-state index contributed by atoms with van der Waals surface area (Å²) in [4.78, 5) is 10.2. The van der Waals surface area contributed by atoms with Gasteiger partial charge in [-0.2, -0.15) is 14.9 Å². The standard InChI is InChI=1S/C15H10FN5O2S/c16-12-5-3-11(4-6-12)14-18-19-15(24)20(14)17-9-10-1-7-13(8-2-10)21(22)23/h1-9H,(H,19,24)/b17-9-. The molecule has 0 aliphatic heterocycles. The maximum absolute atomic E-state index is 13.0. The normalized spacial score (nSPS) is 11.0. The molecule has 1 aromatic heterocycles. The molecule has 2 aromatic carbocycles. The Morgan fingerprint density at radius 3 is 2.50 bits per heavy atom. The summed E-state index contributed by atoms with van der Waals surface area (Å²) in [5.41, 5.74) is 1.30. The molecule has 120 valence electrons. The summed E-state index contributed by atoms with van der Waals surface area (Å²) in [5, 5.41) is 21.6. The second-order valence-corrected chi connectivity index (χ2v) is 5.15. The first-order valence-electron chi connectivity index (χ1n) is 6.77. The summed E-state index contributed by atoms with van der Waals surface area (Å²) >= 11 is 5.14. The van der Waals surface area contributed by atoms with Gasteiger partial charge in [0.25, 0.3) is 5.69 Å². The molecule has 0 aliphatic carbocycles. The highest BCUT2D eigenvalue weighted by molar-refractivity contribution is 7.71. The van der Waals surface area contributed by atoms with Gasteiger partial charge in [0.1, 0.15) is 5.82 Å². The molecule has 1 N–H and O–H groups in total. The van der Waals surface area contributed by atoms with E-state index in [1.165, 1.54) is 35.2 Å². The summed E-state index contributed by atoms with van der Waals surface area (Å²) in [6.07, 6.45) is 1.50. The molecule has 0 radical (unpaired) electrons. The van der Waals surface area contributed by atoms with Crippen molar-refractivity contribution in [2.45, 2.75) is 0 Å². The largest absolute Gasteiger partial charge is 0.269 e. The van der Waals surface area contributed by atoms with Crippen molar-refractivity contribution in [3.05, 3.63) is 74.8 Å². The lowest BCUT2D eigenvalue weighted by atomic mass is 10.2. The zero-order chi connectivity index (χ0) is 17.1. The molecule has 0 spiro atoms. The number of nitro groups is 1. The Morgan fingerprint density at radius 2 is 1.88 bits per heavy atom. The van der Waals surface area contributed by atoms with E-state index in [2.05, 4.69) is 15.3 Å². The van der Waals surface area contributed by atoms with Crippen LogP contribution < -0.4 is 0 Å². The molecule has 3 rings (SSSR count). The number of hydrogen-bond acceptors (Lipinski definition) is 5. The van der Waals surface area contributed by atoms with Gasteiger partial charge in [-0.25, -0.2) is 9.49 Å². The molecule has 0 aliphatic rings. The van der Waals surface area contributed by atoms with Crippen LogP contribution in [0.1, 0.15) is 5.56 Å². The third-order valence-corrected chi connectivity index (χ3v) is 3.44. The first kappa shape index (κ1) is 15.7. The van der Waals surface area contributed by atoms with Crippen LogP contribution in [0.15, 0.2) is 53.6 Å². The summed E-state index contributed by atoms with van der Waals surface area (Å²) in [5.74, 6) is 0.0759. The minimum Gasteiger partial charge on any atom is -0.258 e. The average molecular weight is 343 g/mol. The third kappa shape index (κ3) is 3.25. The molecule has 0 bridgehead atoms. The van der Waals surface area contributed by atoms with E-state index in [0.29, 0.717) is 17.0 Å². The molecule has 0 fully saturated rings. The van der Waals surface area contributed by atoms with Crippen LogP contribution in [-0.2, 0) is 0 Å². The fourth-order valence-corrected chi connectivity index (χ4v) is 2.17. The van der Waals surface area contributed by atoms with Gasteiger partial charge in [-0.15, -0.1) is 0 Å². The SMILES string of the molecule is O=[N+]([O-])c1ccc(/C=N\n2c(-c3ccc(F)cc3)n[nH]c2=S)cc1. The molecule has 0 amide bonds. The fourth-order valence-electron chi connectivity index (χ4n) is 1.99.